The number of hydrogen-bond acceptors (Lipinski definition) is 3. The van der Waals surface area contributed by atoms with Crippen LogP contribution in [0.25, 0.3) is 0 Å². The Bertz CT molecular complexity index is 512. The Kier molecular flexibility index (Phi) is 8.06. The summed E-state index contributed by atoms with van der Waals surface area (Å²) in [7, 11) is 0. The molecule has 1 fully saturated rings. The smallest absolute Gasteiger partial charge is 0.191 e. The normalized spacial score (nSPS) is 19.3. The van der Waals surface area contributed by atoms with Gasteiger partial charge in [-0.1, -0.05) is 32.0 Å². The zero-order chi connectivity index (χ0) is 18.1. The summed E-state index contributed by atoms with van der Waals surface area (Å²) < 4.78 is 0. The SMILES string of the molecule is CCNC(=NCC(C)N(CC)CC)NC1CCN(c2ccccc2)C1. The van der Waals surface area contributed by atoms with Gasteiger partial charge >= 0.3 is 0 Å². The van der Waals surface area contributed by atoms with E-state index in [4.69, 9.17) is 4.99 Å². The Morgan fingerprint density at radius 2 is 1.96 bits per heavy atom. The number of rotatable bonds is 8. The lowest BCUT2D eigenvalue weighted by Crippen LogP contribution is -2.45. The summed E-state index contributed by atoms with van der Waals surface area (Å²) in [5, 5.41) is 7.02. The minimum absolute atomic E-state index is 0.446. The highest BCUT2D eigenvalue weighted by molar-refractivity contribution is 5.80. The van der Waals surface area contributed by atoms with Crippen LogP contribution in [-0.2, 0) is 0 Å². The van der Waals surface area contributed by atoms with Crippen LogP contribution in [0.15, 0.2) is 35.3 Å². The Labute approximate surface area is 153 Å². The van der Waals surface area contributed by atoms with E-state index in [-0.39, 0.29) is 0 Å². The van der Waals surface area contributed by atoms with E-state index in [1.807, 2.05) is 0 Å². The molecular formula is C20H35N5. The predicted molar refractivity (Wildman–Crippen MR) is 109 cm³/mol. The molecule has 2 rings (SSSR count). The third-order valence-corrected chi connectivity index (χ3v) is 4.94. The molecular weight excluding hydrogens is 310 g/mol. The maximum Gasteiger partial charge on any atom is 0.191 e. The maximum atomic E-state index is 4.83. The third-order valence-electron chi connectivity index (χ3n) is 4.94. The lowest BCUT2D eigenvalue weighted by Gasteiger charge is -2.25. The van der Waals surface area contributed by atoms with Crippen LogP contribution < -0.4 is 15.5 Å². The second-order valence-corrected chi connectivity index (χ2v) is 6.70. The standard InChI is InChI=1S/C20H35N5/c1-5-21-20(22-15-17(4)24(6-2)7-3)23-18-13-14-25(16-18)19-11-9-8-10-12-19/h8-12,17-18H,5-7,13-16H2,1-4H3,(H2,21,22,23). The quantitative estimate of drug-likeness (QED) is 0.561. The molecule has 0 aliphatic carbocycles. The predicted octanol–water partition coefficient (Wildman–Crippen LogP) is 2.55. The molecule has 0 radical (unpaired) electrons. The Morgan fingerprint density at radius 3 is 2.60 bits per heavy atom. The number of hydrogen-bond donors (Lipinski definition) is 2. The van der Waals surface area contributed by atoms with Gasteiger partial charge in [0.2, 0.25) is 0 Å². The Morgan fingerprint density at radius 1 is 1.24 bits per heavy atom. The molecule has 1 aromatic rings. The summed E-state index contributed by atoms with van der Waals surface area (Å²) in [5.74, 6) is 0.946. The monoisotopic (exact) mass is 345 g/mol. The molecule has 2 N–H and O–H groups in total. The van der Waals surface area contributed by atoms with E-state index >= 15 is 0 Å². The van der Waals surface area contributed by atoms with E-state index in [9.17, 15) is 0 Å². The van der Waals surface area contributed by atoms with Gasteiger partial charge < -0.3 is 15.5 Å². The van der Waals surface area contributed by atoms with Gasteiger partial charge in [-0.15, -0.1) is 0 Å². The van der Waals surface area contributed by atoms with Crippen LogP contribution in [0.1, 0.15) is 34.1 Å². The van der Waals surface area contributed by atoms with E-state index in [2.05, 4.69) is 78.5 Å². The second kappa shape index (κ2) is 10.3. The highest BCUT2D eigenvalue weighted by Crippen LogP contribution is 2.19. The number of nitrogens with one attached hydrogen (secondary N) is 2. The van der Waals surface area contributed by atoms with Gasteiger partial charge in [0.25, 0.3) is 0 Å². The van der Waals surface area contributed by atoms with E-state index in [1.54, 1.807) is 0 Å². The molecule has 0 spiro atoms. The van der Waals surface area contributed by atoms with Crippen LogP contribution in [0, 0.1) is 0 Å². The summed E-state index contributed by atoms with van der Waals surface area (Å²) in [6.45, 7) is 14.8. The van der Waals surface area contributed by atoms with Crippen molar-refractivity contribution in [3.05, 3.63) is 30.3 Å². The first kappa shape index (κ1) is 19.6. The van der Waals surface area contributed by atoms with E-state index in [0.29, 0.717) is 12.1 Å². The fourth-order valence-electron chi connectivity index (χ4n) is 3.45. The average Bonchev–Trinajstić information content (AvgIpc) is 3.10. The highest BCUT2D eigenvalue weighted by atomic mass is 15.3. The van der Waals surface area contributed by atoms with Crippen LogP contribution in [0.3, 0.4) is 0 Å². The van der Waals surface area contributed by atoms with Gasteiger partial charge in [-0.25, -0.2) is 0 Å². The number of guanidine groups is 1. The van der Waals surface area contributed by atoms with Gasteiger partial charge in [-0.2, -0.15) is 0 Å². The minimum atomic E-state index is 0.446. The van der Waals surface area contributed by atoms with Crippen molar-refractivity contribution in [1.29, 1.82) is 0 Å². The van der Waals surface area contributed by atoms with Gasteiger partial charge in [0, 0.05) is 37.4 Å². The van der Waals surface area contributed by atoms with Gasteiger partial charge in [-0.3, -0.25) is 9.89 Å². The van der Waals surface area contributed by atoms with Crippen molar-refractivity contribution < 1.29 is 0 Å². The fraction of sp³-hybridized carbons (Fsp3) is 0.650. The number of nitrogens with zero attached hydrogens (tertiary/aromatic N) is 3. The number of likely N-dealkylation sites (N-methyl/N-ethyl adjacent to an activating group) is 1. The molecule has 0 saturated carbocycles. The molecule has 2 atom stereocenters. The summed E-state index contributed by atoms with van der Waals surface area (Å²) >= 11 is 0. The molecule has 1 aliphatic rings. The fourth-order valence-corrected chi connectivity index (χ4v) is 3.45. The third kappa shape index (κ3) is 5.92. The highest BCUT2D eigenvalue weighted by Gasteiger charge is 2.23. The zero-order valence-corrected chi connectivity index (χ0v) is 16.3. The summed E-state index contributed by atoms with van der Waals surface area (Å²) in [6, 6.07) is 11.6. The first-order valence-electron chi connectivity index (χ1n) is 9.76. The number of benzene rings is 1. The van der Waals surface area contributed by atoms with Gasteiger partial charge in [0.05, 0.1) is 6.54 Å². The van der Waals surface area contributed by atoms with Crippen LogP contribution in [0.2, 0.25) is 0 Å². The van der Waals surface area contributed by atoms with Crippen molar-refractivity contribution in [2.24, 2.45) is 4.99 Å². The Hall–Kier alpha value is -1.75. The number of aliphatic imine (C=N–C) groups is 1. The topological polar surface area (TPSA) is 42.9 Å². The summed E-state index contributed by atoms with van der Waals surface area (Å²) in [4.78, 5) is 9.71. The molecule has 1 heterocycles. The summed E-state index contributed by atoms with van der Waals surface area (Å²) in [5.41, 5.74) is 1.31. The van der Waals surface area contributed by atoms with Crippen LogP contribution in [0.4, 0.5) is 5.69 Å². The van der Waals surface area contributed by atoms with Crippen molar-refractivity contribution in [3.8, 4) is 0 Å². The molecule has 0 amide bonds. The lowest BCUT2D eigenvalue weighted by atomic mass is 10.2. The van der Waals surface area contributed by atoms with Crippen molar-refractivity contribution in [3.63, 3.8) is 0 Å². The van der Waals surface area contributed by atoms with Crippen molar-refractivity contribution in [1.82, 2.24) is 15.5 Å². The molecule has 0 bridgehead atoms. The van der Waals surface area contributed by atoms with Crippen LogP contribution in [0.5, 0.6) is 0 Å². The first-order valence-corrected chi connectivity index (χ1v) is 9.76. The number of para-hydroxylation sites is 1. The van der Waals surface area contributed by atoms with E-state index in [1.165, 1.54) is 5.69 Å². The minimum Gasteiger partial charge on any atom is -0.369 e. The van der Waals surface area contributed by atoms with Gasteiger partial charge in [0.1, 0.15) is 0 Å². The summed E-state index contributed by atoms with van der Waals surface area (Å²) in [6.07, 6.45) is 1.14. The molecule has 1 aromatic carbocycles. The average molecular weight is 346 g/mol. The maximum absolute atomic E-state index is 4.83. The van der Waals surface area contributed by atoms with Crippen LogP contribution >= 0.6 is 0 Å². The van der Waals surface area contributed by atoms with Gasteiger partial charge in [-0.05, 0) is 45.5 Å². The molecule has 5 nitrogen and oxygen atoms in total. The Balaban J connectivity index is 1.89. The molecule has 140 valence electrons. The van der Waals surface area contributed by atoms with Crippen molar-refractivity contribution in [2.45, 2.75) is 46.2 Å². The molecule has 1 aliphatic heterocycles. The zero-order valence-electron chi connectivity index (χ0n) is 16.3. The van der Waals surface area contributed by atoms with Crippen molar-refractivity contribution >= 4 is 11.6 Å². The van der Waals surface area contributed by atoms with Crippen molar-refractivity contribution in [2.75, 3.05) is 44.2 Å². The molecule has 25 heavy (non-hydrogen) atoms. The van der Waals surface area contributed by atoms with E-state index in [0.717, 1.165) is 51.6 Å². The lowest BCUT2D eigenvalue weighted by molar-refractivity contribution is 0.237. The largest absolute Gasteiger partial charge is 0.369 e. The van der Waals surface area contributed by atoms with Gasteiger partial charge in [0.15, 0.2) is 5.96 Å². The van der Waals surface area contributed by atoms with Crippen LogP contribution in [-0.4, -0.2) is 62.2 Å². The molecule has 0 aromatic heterocycles. The first-order chi connectivity index (χ1) is 12.2. The van der Waals surface area contributed by atoms with E-state index < -0.39 is 0 Å². The molecule has 2 unspecified atom stereocenters. The molecule has 5 heteroatoms. The molecule has 1 saturated heterocycles. The second-order valence-electron chi connectivity index (χ2n) is 6.70. The number of anilines is 1.